The Balaban J connectivity index is 2.49. The van der Waals surface area contributed by atoms with Gasteiger partial charge >= 0.3 is 5.97 Å². The third-order valence-corrected chi connectivity index (χ3v) is 4.56. The number of nitrogen functional groups attached to an aromatic ring is 1. The van der Waals surface area contributed by atoms with Gasteiger partial charge in [-0.15, -0.1) is 11.3 Å². The molecule has 1 unspecified atom stereocenters. The zero-order chi connectivity index (χ0) is 15.1. The number of carbonyl (C=O) groups excluding carboxylic acids is 2. The lowest BCUT2D eigenvalue weighted by Crippen LogP contribution is -2.29. The minimum absolute atomic E-state index is 0.0379. The summed E-state index contributed by atoms with van der Waals surface area (Å²) in [6.07, 6.45) is 0.567. The molecular weight excluding hydrogens is 282 g/mol. The van der Waals surface area contributed by atoms with Crippen molar-refractivity contribution >= 4 is 33.9 Å². The molecule has 1 fully saturated rings. The second-order valence-electron chi connectivity index (χ2n) is 5.05. The van der Waals surface area contributed by atoms with Crippen molar-refractivity contribution in [1.82, 2.24) is 0 Å². The molecule has 20 heavy (non-hydrogen) atoms. The van der Waals surface area contributed by atoms with Gasteiger partial charge in [0.05, 0.1) is 18.4 Å². The summed E-state index contributed by atoms with van der Waals surface area (Å²) in [6, 6.07) is 0. The smallest absolute Gasteiger partial charge is 0.343 e. The van der Waals surface area contributed by atoms with E-state index >= 15 is 0 Å². The number of amides is 1. The SMILES string of the molecule is COC(=O)c1c(N2CCC(C)(O)C2)sc(C(N)=O)c1N. The standard InChI is InChI=1S/C12H17N3O4S/c1-12(18)3-4-15(5-12)10-6(11(17)19-2)7(13)8(20-10)9(14)16/h18H,3-5,13H2,1-2H3,(H2,14,16). The number of aliphatic hydroxyl groups is 1. The molecule has 0 spiro atoms. The van der Waals surface area contributed by atoms with Crippen LogP contribution < -0.4 is 16.4 Å². The van der Waals surface area contributed by atoms with Crippen molar-refractivity contribution in [3.63, 3.8) is 0 Å². The molecule has 1 aliphatic rings. The molecule has 110 valence electrons. The van der Waals surface area contributed by atoms with Gasteiger partial charge in [0.1, 0.15) is 15.4 Å². The molecule has 7 nitrogen and oxygen atoms in total. The van der Waals surface area contributed by atoms with Gasteiger partial charge in [-0.25, -0.2) is 4.79 Å². The molecule has 1 aromatic rings. The van der Waals surface area contributed by atoms with Crippen molar-refractivity contribution < 1.29 is 19.4 Å². The Kier molecular flexibility index (Phi) is 3.61. The fraction of sp³-hybridized carbons (Fsp3) is 0.500. The van der Waals surface area contributed by atoms with Gasteiger partial charge in [0.2, 0.25) is 0 Å². The van der Waals surface area contributed by atoms with Gasteiger partial charge in [-0.2, -0.15) is 0 Å². The molecule has 0 saturated carbocycles. The van der Waals surface area contributed by atoms with Gasteiger partial charge in [-0.1, -0.05) is 0 Å². The molecule has 1 aromatic heterocycles. The molecule has 2 heterocycles. The van der Waals surface area contributed by atoms with Gasteiger partial charge < -0.3 is 26.2 Å². The summed E-state index contributed by atoms with van der Waals surface area (Å²) in [6.45, 7) is 2.64. The maximum absolute atomic E-state index is 11.9. The lowest BCUT2D eigenvalue weighted by Gasteiger charge is -2.20. The predicted molar refractivity (Wildman–Crippen MR) is 76.0 cm³/mol. The van der Waals surface area contributed by atoms with E-state index in [0.717, 1.165) is 11.3 Å². The van der Waals surface area contributed by atoms with E-state index in [-0.39, 0.29) is 16.1 Å². The van der Waals surface area contributed by atoms with Crippen LogP contribution in [0.25, 0.3) is 0 Å². The van der Waals surface area contributed by atoms with Crippen LogP contribution in [0.1, 0.15) is 33.4 Å². The molecule has 0 aliphatic carbocycles. The number of ether oxygens (including phenoxy) is 1. The van der Waals surface area contributed by atoms with E-state index in [4.69, 9.17) is 16.2 Å². The van der Waals surface area contributed by atoms with Gasteiger partial charge in [0.15, 0.2) is 0 Å². The number of anilines is 2. The topological polar surface area (TPSA) is 119 Å². The number of nitrogens with zero attached hydrogens (tertiary/aromatic N) is 1. The van der Waals surface area contributed by atoms with Crippen LogP contribution in [0.4, 0.5) is 10.7 Å². The molecule has 0 aromatic carbocycles. The Labute approximate surface area is 120 Å². The second kappa shape index (κ2) is 4.95. The first-order valence-corrected chi connectivity index (χ1v) is 6.86. The zero-order valence-electron chi connectivity index (χ0n) is 11.3. The van der Waals surface area contributed by atoms with E-state index in [0.29, 0.717) is 24.5 Å². The van der Waals surface area contributed by atoms with E-state index in [1.165, 1.54) is 7.11 Å². The predicted octanol–water partition coefficient (Wildman–Crippen LogP) is 0.177. The second-order valence-corrected chi connectivity index (χ2v) is 6.05. The third kappa shape index (κ3) is 2.44. The Morgan fingerprint density at radius 2 is 2.15 bits per heavy atom. The summed E-state index contributed by atoms with van der Waals surface area (Å²) in [7, 11) is 1.24. The van der Waals surface area contributed by atoms with E-state index < -0.39 is 17.5 Å². The number of β-amino-alcohol motifs (C(OH)–C–C–N with tert-alkyl or cyclic N) is 1. The molecule has 1 aliphatic heterocycles. The number of nitrogens with two attached hydrogens (primary N) is 2. The Bertz CT molecular complexity index is 567. The van der Waals surface area contributed by atoms with Crippen molar-refractivity contribution in [3.05, 3.63) is 10.4 Å². The highest BCUT2D eigenvalue weighted by Gasteiger charge is 2.36. The highest BCUT2D eigenvalue weighted by Crippen LogP contribution is 2.41. The van der Waals surface area contributed by atoms with Crippen LogP contribution >= 0.6 is 11.3 Å². The largest absolute Gasteiger partial charge is 0.465 e. The van der Waals surface area contributed by atoms with Crippen LogP contribution in [0.2, 0.25) is 0 Å². The van der Waals surface area contributed by atoms with Gasteiger partial charge in [-0.05, 0) is 13.3 Å². The highest BCUT2D eigenvalue weighted by molar-refractivity contribution is 7.19. The molecule has 1 atom stereocenters. The van der Waals surface area contributed by atoms with E-state index in [1.54, 1.807) is 6.92 Å². The first-order chi connectivity index (χ1) is 9.26. The normalized spacial score (nSPS) is 22.1. The first-order valence-electron chi connectivity index (χ1n) is 6.04. The summed E-state index contributed by atoms with van der Waals surface area (Å²) in [5, 5.41) is 10.5. The molecule has 1 amide bonds. The van der Waals surface area contributed by atoms with Crippen molar-refractivity contribution in [2.45, 2.75) is 18.9 Å². The number of esters is 1. The van der Waals surface area contributed by atoms with Crippen LogP contribution in [-0.2, 0) is 4.74 Å². The average molecular weight is 299 g/mol. The van der Waals surface area contributed by atoms with E-state index in [1.807, 2.05) is 4.90 Å². The number of rotatable bonds is 3. The summed E-state index contributed by atoms with van der Waals surface area (Å²) < 4.78 is 4.71. The van der Waals surface area contributed by atoms with Crippen LogP contribution in [0, 0.1) is 0 Å². The van der Waals surface area contributed by atoms with Gasteiger partial charge in [-0.3, -0.25) is 4.79 Å². The molecule has 1 saturated heterocycles. The quantitative estimate of drug-likeness (QED) is 0.685. The Hall–Kier alpha value is -1.80. The van der Waals surface area contributed by atoms with Gasteiger partial charge in [0.25, 0.3) is 5.91 Å². The van der Waals surface area contributed by atoms with Crippen molar-refractivity contribution in [1.29, 1.82) is 0 Å². The molecule has 2 rings (SSSR count). The maximum Gasteiger partial charge on any atom is 0.343 e. The number of primary amides is 1. The fourth-order valence-corrected chi connectivity index (χ4v) is 3.34. The lowest BCUT2D eigenvalue weighted by atomic mass is 10.1. The third-order valence-electron chi connectivity index (χ3n) is 3.28. The van der Waals surface area contributed by atoms with Crippen molar-refractivity contribution in [2.24, 2.45) is 5.73 Å². The molecule has 0 radical (unpaired) electrons. The maximum atomic E-state index is 11.9. The average Bonchev–Trinajstić information content (AvgIpc) is 2.88. The van der Waals surface area contributed by atoms with Gasteiger partial charge in [0, 0.05) is 13.1 Å². The highest BCUT2D eigenvalue weighted by atomic mass is 32.1. The summed E-state index contributed by atoms with van der Waals surface area (Å²) in [5.74, 6) is -1.30. The zero-order valence-corrected chi connectivity index (χ0v) is 12.1. The molecule has 5 N–H and O–H groups in total. The van der Waals surface area contributed by atoms with Crippen LogP contribution in [0.5, 0.6) is 0 Å². The number of carbonyl (C=O) groups is 2. The minimum atomic E-state index is -0.834. The Morgan fingerprint density at radius 3 is 2.60 bits per heavy atom. The number of hydrogen-bond acceptors (Lipinski definition) is 7. The summed E-state index contributed by atoms with van der Waals surface area (Å²) in [5.41, 5.74) is 10.4. The molecule has 0 bridgehead atoms. The number of methoxy groups -OCH3 is 1. The minimum Gasteiger partial charge on any atom is -0.465 e. The lowest BCUT2D eigenvalue weighted by molar-refractivity contribution is 0.0602. The van der Waals surface area contributed by atoms with Crippen molar-refractivity contribution in [2.75, 3.05) is 30.8 Å². The monoisotopic (exact) mass is 299 g/mol. The Morgan fingerprint density at radius 1 is 1.50 bits per heavy atom. The van der Waals surface area contributed by atoms with E-state index in [2.05, 4.69) is 0 Å². The molecular formula is C12H17N3O4S. The number of hydrogen-bond donors (Lipinski definition) is 3. The van der Waals surface area contributed by atoms with Crippen LogP contribution in [-0.4, -0.2) is 42.8 Å². The van der Waals surface area contributed by atoms with Crippen LogP contribution in [0.15, 0.2) is 0 Å². The fourth-order valence-electron chi connectivity index (χ4n) is 2.25. The summed E-state index contributed by atoms with van der Waals surface area (Å²) >= 11 is 1.05. The van der Waals surface area contributed by atoms with Crippen LogP contribution in [0.3, 0.4) is 0 Å². The first kappa shape index (κ1) is 14.6. The van der Waals surface area contributed by atoms with Crippen molar-refractivity contribution in [3.8, 4) is 0 Å². The summed E-state index contributed by atoms with van der Waals surface area (Å²) in [4.78, 5) is 25.2. The number of thiophene rings is 1. The van der Waals surface area contributed by atoms with E-state index in [9.17, 15) is 14.7 Å². The molecule has 8 heteroatoms.